The van der Waals surface area contributed by atoms with E-state index in [4.69, 9.17) is 10.5 Å². The number of nitrogens with two attached hydrogens (primary N) is 1. The average molecular weight is 326 g/mol. The van der Waals surface area contributed by atoms with E-state index >= 15 is 0 Å². The minimum atomic E-state index is -0.264. The Balaban J connectivity index is 2.01. The smallest absolute Gasteiger partial charge is 0.123 e. The van der Waals surface area contributed by atoms with E-state index in [2.05, 4.69) is 29.8 Å². The van der Waals surface area contributed by atoms with E-state index in [9.17, 15) is 4.39 Å². The number of aryl methyl sites for hydroxylation is 1. The third-order valence-corrected chi connectivity index (χ3v) is 4.59. The number of nitrogens with zero attached hydrogens (tertiary/aromatic N) is 1. The lowest BCUT2D eigenvalue weighted by Gasteiger charge is -2.18. The van der Waals surface area contributed by atoms with E-state index in [1.165, 1.54) is 28.6 Å². The third kappa shape index (κ3) is 3.02. The van der Waals surface area contributed by atoms with Gasteiger partial charge >= 0.3 is 0 Å². The molecule has 1 atom stereocenters. The van der Waals surface area contributed by atoms with E-state index in [0.29, 0.717) is 12.3 Å². The van der Waals surface area contributed by atoms with Crippen LogP contribution in [-0.4, -0.2) is 18.2 Å². The van der Waals surface area contributed by atoms with Crippen LogP contribution < -0.4 is 10.5 Å². The SMILES string of the molecule is CCn1cc(CC(CN)c2cc(F)ccc2OC)c2ccccc21. The maximum absolute atomic E-state index is 13.7. The summed E-state index contributed by atoms with van der Waals surface area (Å²) in [6, 6.07) is 13.0. The number of aromatic nitrogens is 1. The molecule has 1 heterocycles. The van der Waals surface area contributed by atoms with Crippen molar-refractivity contribution in [3.05, 3.63) is 65.6 Å². The van der Waals surface area contributed by atoms with Crippen molar-refractivity contribution in [3.63, 3.8) is 0 Å². The number of fused-ring (bicyclic) bond motifs is 1. The number of methoxy groups -OCH3 is 1. The molecule has 0 fully saturated rings. The van der Waals surface area contributed by atoms with Gasteiger partial charge in [0, 0.05) is 35.1 Å². The number of ether oxygens (including phenoxy) is 1. The highest BCUT2D eigenvalue weighted by molar-refractivity contribution is 5.84. The van der Waals surface area contributed by atoms with Crippen LogP contribution in [0.25, 0.3) is 10.9 Å². The van der Waals surface area contributed by atoms with Crippen LogP contribution in [0.4, 0.5) is 4.39 Å². The van der Waals surface area contributed by atoms with Gasteiger partial charge in [0.2, 0.25) is 0 Å². The molecule has 2 aromatic carbocycles. The molecule has 0 aliphatic heterocycles. The highest BCUT2D eigenvalue weighted by Gasteiger charge is 2.19. The van der Waals surface area contributed by atoms with Gasteiger partial charge in [-0.3, -0.25) is 0 Å². The van der Waals surface area contributed by atoms with Crippen LogP contribution in [0.1, 0.15) is 24.0 Å². The second-order valence-corrected chi connectivity index (χ2v) is 5.98. The number of benzene rings is 2. The lowest BCUT2D eigenvalue weighted by molar-refractivity contribution is 0.403. The summed E-state index contributed by atoms with van der Waals surface area (Å²) in [6.07, 6.45) is 2.93. The second kappa shape index (κ2) is 7.05. The largest absolute Gasteiger partial charge is 0.496 e. The molecule has 0 aliphatic rings. The predicted octanol–water partition coefficient (Wildman–Crippen LogP) is 4.09. The summed E-state index contributed by atoms with van der Waals surface area (Å²) in [5, 5.41) is 1.23. The number of para-hydroxylation sites is 1. The van der Waals surface area contributed by atoms with Crippen molar-refractivity contribution in [1.29, 1.82) is 0 Å². The van der Waals surface area contributed by atoms with Gasteiger partial charge in [0.1, 0.15) is 11.6 Å². The summed E-state index contributed by atoms with van der Waals surface area (Å²) in [7, 11) is 1.60. The Hall–Kier alpha value is -2.33. The minimum Gasteiger partial charge on any atom is -0.496 e. The average Bonchev–Trinajstić information content (AvgIpc) is 2.97. The Morgan fingerprint density at radius 1 is 1.21 bits per heavy atom. The Morgan fingerprint density at radius 2 is 2.00 bits per heavy atom. The molecule has 3 nitrogen and oxygen atoms in total. The van der Waals surface area contributed by atoms with Crippen molar-refractivity contribution in [2.45, 2.75) is 25.8 Å². The first-order valence-corrected chi connectivity index (χ1v) is 8.28. The molecule has 1 unspecified atom stereocenters. The molecule has 24 heavy (non-hydrogen) atoms. The predicted molar refractivity (Wildman–Crippen MR) is 96.1 cm³/mol. The van der Waals surface area contributed by atoms with Crippen molar-refractivity contribution < 1.29 is 9.13 Å². The van der Waals surface area contributed by atoms with E-state index in [-0.39, 0.29) is 11.7 Å². The third-order valence-electron chi connectivity index (χ3n) is 4.59. The fraction of sp³-hybridized carbons (Fsp3) is 0.300. The molecular formula is C20H23FN2O. The van der Waals surface area contributed by atoms with Crippen molar-refractivity contribution in [2.24, 2.45) is 5.73 Å². The fourth-order valence-electron chi connectivity index (χ4n) is 3.36. The highest BCUT2D eigenvalue weighted by atomic mass is 19.1. The van der Waals surface area contributed by atoms with Crippen molar-refractivity contribution >= 4 is 10.9 Å². The minimum absolute atomic E-state index is 0.00626. The lowest BCUT2D eigenvalue weighted by atomic mass is 9.91. The lowest BCUT2D eigenvalue weighted by Crippen LogP contribution is -2.16. The Morgan fingerprint density at radius 3 is 2.71 bits per heavy atom. The van der Waals surface area contributed by atoms with Crippen molar-refractivity contribution in [1.82, 2.24) is 4.57 Å². The number of rotatable bonds is 6. The van der Waals surface area contributed by atoms with Crippen molar-refractivity contribution in [2.75, 3.05) is 13.7 Å². The fourth-order valence-corrected chi connectivity index (χ4v) is 3.36. The molecule has 1 aromatic heterocycles. The Labute approximate surface area is 141 Å². The normalized spacial score (nSPS) is 12.5. The Bertz CT molecular complexity index is 841. The zero-order valence-corrected chi connectivity index (χ0v) is 14.1. The van der Waals surface area contributed by atoms with Gasteiger partial charge in [0.05, 0.1) is 7.11 Å². The zero-order chi connectivity index (χ0) is 17.1. The molecule has 3 aromatic rings. The molecule has 0 spiro atoms. The first kappa shape index (κ1) is 16.5. The maximum atomic E-state index is 13.7. The van der Waals surface area contributed by atoms with Gasteiger partial charge in [-0.1, -0.05) is 18.2 Å². The number of halogens is 1. The van der Waals surface area contributed by atoms with Crippen molar-refractivity contribution in [3.8, 4) is 5.75 Å². The molecule has 126 valence electrons. The first-order chi connectivity index (χ1) is 11.7. The van der Waals surface area contributed by atoms with E-state index in [0.717, 1.165) is 18.5 Å². The summed E-state index contributed by atoms with van der Waals surface area (Å²) in [4.78, 5) is 0. The van der Waals surface area contributed by atoms with Gasteiger partial charge in [-0.25, -0.2) is 4.39 Å². The van der Waals surface area contributed by atoms with Crippen LogP contribution in [-0.2, 0) is 13.0 Å². The highest BCUT2D eigenvalue weighted by Crippen LogP contribution is 2.32. The van der Waals surface area contributed by atoms with Gasteiger partial charge in [-0.15, -0.1) is 0 Å². The topological polar surface area (TPSA) is 40.2 Å². The van der Waals surface area contributed by atoms with Gasteiger partial charge in [0.15, 0.2) is 0 Å². The van der Waals surface area contributed by atoms with E-state index in [1.54, 1.807) is 13.2 Å². The van der Waals surface area contributed by atoms with E-state index < -0.39 is 0 Å². The molecule has 2 N–H and O–H groups in total. The maximum Gasteiger partial charge on any atom is 0.123 e. The molecule has 0 saturated carbocycles. The van der Waals surface area contributed by atoms with Crippen LogP contribution in [0, 0.1) is 5.82 Å². The zero-order valence-electron chi connectivity index (χ0n) is 14.1. The standard InChI is InChI=1S/C20H23FN2O/c1-3-23-13-15(17-6-4-5-7-19(17)23)10-14(12-22)18-11-16(21)8-9-20(18)24-2/h4-9,11,13-14H,3,10,12,22H2,1-2H3. The number of hydrogen-bond acceptors (Lipinski definition) is 2. The van der Waals surface area contributed by atoms with E-state index in [1.807, 2.05) is 12.1 Å². The molecule has 0 saturated heterocycles. The second-order valence-electron chi connectivity index (χ2n) is 5.98. The molecule has 0 amide bonds. The van der Waals surface area contributed by atoms with Crippen LogP contribution in [0.3, 0.4) is 0 Å². The Kier molecular flexibility index (Phi) is 4.86. The van der Waals surface area contributed by atoms with Gasteiger partial charge in [-0.2, -0.15) is 0 Å². The molecule has 3 rings (SSSR count). The molecule has 0 bridgehead atoms. The summed E-state index contributed by atoms with van der Waals surface area (Å²) >= 11 is 0. The molecule has 0 aliphatic carbocycles. The van der Waals surface area contributed by atoms with Crippen LogP contribution in [0.2, 0.25) is 0 Å². The van der Waals surface area contributed by atoms with Gasteiger partial charge in [0.25, 0.3) is 0 Å². The van der Waals surface area contributed by atoms with Crippen LogP contribution in [0.5, 0.6) is 5.75 Å². The summed E-state index contributed by atoms with van der Waals surface area (Å²) < 4.78 is 21.4. The van der Waals surface area contributed by atoms with Crippen LogP contribution >= 0.6 is 0 Å². The summed E-state index contributed by atoms with van der Waals surface area (Å²) in [6.45, 7) is 3.48. The molecular weight excluding hydrogens is 303 g/mol. The van der Waals surface area contributed by atoms with Gasteiger partial charge < -0.3 is 15.0 Å². The first-order valence-electron chi connectivity index (χ1n) is 8.28. The summed E-state index contributed by atoms with van der Waals surface area (Å²) in [5.41, 5.74) is 9.30. The monoisotopic (exact) mass is 326 g/mol. The molecule has 0 radical (unpaired) electrons. The van der Waals surface area contributed by atoms with Crippen LogP contribution in [0.15, 0.2) is 48.7 Å². The molecule has 4 heteroatoms. The number of hydrogen-bond donors (Lipinski definition) is 1. The summed E-state index contributed by atoms with van der Waals surface area (Å²) in [5.74, 6) is 0.429. The quantitative estimate of drug-likeness (QED) is 0.741. The van der Waals surface area contributed by atoms with Gasteiger partial charge in [-0.05, 0) is 49.7 Å².